The predicted molar refractivity (Wildman–Crippen MR) is 71.4 cm³/mol. The Balaban J connectivity index is 1.91. The quantitative estimate of drug-likeness (QED) is 0.909. The lowest BCUT2D eigenvalue weighted by atomic mass is 10.2. The molecule has 86 valence electrons. The van der Waals surface area contributed by atoms with Crippen LogP contribution < -0.4 is 5.32 Å². The van der Waals surface area contributed by atoms with E-state index in [1.165, 1.54) is 4.88 Å². The van der Waals surface area contributed by atoms with Crippen molar-refractivity contribution in [3.05, 3.63) is 37.4 Å². The van der Waals surface area contributed by atoms with Gasteiger partial charge in [0.05, 0.1) is 15.0 Å². The van der Waals surface area contributed by atoms with Gasteiger partial charge in [0.25, 0.3) is 0 Å². The Bertz CT molecular complexity index is 464. The number of nitrogens with zero attached hydrogens (tertiary/aromatic N) is 1. The van der Waals surface area contributed by atoms with E-state index in [2.05, 4.69) is 28.7 Å². The molecule has 0 aliphatic rings. The largest absolute Gasteiger partial charge is 0.304 e. The maximum absolute atomic E-state index is 5.88. The molecule has 2 heterocycles. The van der Waals surface area contributed by atoms with Crippen LogP contribution in [0, 0.1) is 6.92 Å². The minimum Gasteiger partial charge on any atom is -0.304 e. The molecule has 0 aliphatic heterocycles. The van der Waals surface area contributed by atoms with Crippen molar-refractivity contribution < 1.29 is 0 Å². The third-order valence-corrected chi connectivity index (χ3v) is 4.31. The van der Waals surface area contributed by atoms with E-state index in [0.29, 0.717) is 0 Å². The van der Waals surface area contributed by atoms with Gasteiger partial charge >= 0.3 is 0 Å². The molecule has 0 aliphatic carbocycles. The highest BCUT2D eigenvalue weighted by atomic mass is 35.5. The molecule has 16 heavy (non-hydrogen) atoms. The standard InChI is InChI=1S/C11H13ClN2S2/c1-7(10-6-15-8(2)14-10)13-5-9-3-4-11(12)16-9/h3-4,6-7,13H,5H2,1-2H3. The van der Waals surface area contributed by atoms with Crippen molar-refractivity contribution in [2.45, 2.75) is 26.4 Å². The molecule has 5 heteroatoms. The van der Waals surface area contributed by atoms with Gasteiger partial charge in [-0.25, -0.2) is 4.98 Å². The van der Waals surface area contributed by atoms with Gasteiger partial charge in [-0.05, 0) is 26.0 Å². The Morgan fingerprint density at radius 2 is 2.31 bits per heavy atom. The molecule has 0 saturated carbocycles. The Hall–Kier alpha value is -0.420. The first-order valence-corrected chi connectivity index (χ1v) is 7.12. The zero-order valence-corrected chi connectivity index (χ0v) is 11.5. The second-order valence-electron chi connectivity index (χ2n) is 3.60. The van der Waals surface area contributed by atoms with Crippen LogP contribution in [0.2, 0.25) is 4.34 Å². The van der Waals surface area contributed by atoms with Crippen LogP contribution in [0.15, 0.2) is 17.5 Å². The number of nitrogens with one attached hydrogen (secondary N) is 1. The van der Waals surface area contributed by atoms with Crippen molar-refractivity contribution in [2.24, 2.45) is 0 Å². The van der Waals surface area contributed by atoms with Gasteiger partial charge in [-0.3, -0.25) is 0 Å². The fourth-order valence-corrected chi connectivity index (χ4v) is 3.13. The molecule has 0 fully saturated rings. The van der Waals surface area contributed by atoms with Crippen LogP contribution in [0.4, 0.5) is 0 Å². The average molecular weight is 273 g/mol. The maximum Gasteiger partial charge on any atom is 0.0931 e. The molecular weight excluding hydrogens is 260 g/mol. The van der Waals surface area contributed by atoms with Crippen molar-refractivity contribution in [1.29, 1.82) is 0 Å². The summed E-state index contributed by atoms with van der Waals surface area (Å²) in [5, 5.41) is 6.66. The minimum atomic E-state index is 0.283. The Kier molecular flexibility index (Phi) is 3.97. The lowest BCUT2D eigenvalue weighted by molar-refractivity contribution is 0.567. The molecule has 0 amide bonds. The van der Waals surface area contributed by atoms with E-state index < -0.39 is 0 Å². The van der Waals surface area contributed by atoms with Crippen LogP contribution in [0.3, 0.4) is 0 Å². The van der Waals surface area contributed by atoms with E-state index in [1.54, 1.807) is 22.7 Å². The smallest absolute Gasteiger partial charge is 0.0931 e. The summed E-state index contributed by atoms with van der Waals surface area (Å²) in [7, 11) is 0. The normalized spacial score (nSPS) is 12.9. The Morgan fingerprint density at radius 3 is 2.88 bits per heavy atom. The number of aryl methyl sites for hydroxylation is 1. The molecule has 0 aromatic carbocycles. The van der Waals surface area contributed by atoms with Gasteiger partial charge in [0, 0.05) is 22.8 Å². The number of thiophene rings is 1. The van der Waals surface area contributed by atoms with Crippen molar-refractivity contribution in [3.63, 3.8) is 0 Å². The first-order chi connectivity index (χ1) is 7.65. The van der Waals surface area contributed by atoms with Gasteiger partial charge in [0.15, 0.2) is 0 Å². The molecule has 1 N–H and O–H groups in total. The molecule has 0 radical (unpaired) electrons. The van der Waals surface area contributed by atoms with Crippen LogP contribution in [-0.4, -0.2) is 4.98 Å². The highest BCUT2D eigenvalue weighted by molar-refractivity contribution is 7.16. The second-order valence-corrected chi connectivity index (χ2v) is 6.46. The molecule has 1 atom stereocenters. The van der Waals surface area contributed by atoms with E-state index in [4.69, 9.17) is 11.6 Å². The summed E-state index contributed by atoms with van der Waals surface area (Å²) in [6.07, 6.45) is 0. The van der Waals surface area contributed by atoms with Crippen molar-refractivity contribution in [3.8, 4) is 0 Å². The number of hydrogen-bond donors (Lipinski definition) is 1. The molecule has 1 unspecified atom stereocenters. The fraction of sp³-hybridized carbons (Fsp3) is 0.364. The molecular formula is C11H13ClN2S2. The fourth-order valence-electron chi connectivity index (χ4n) is 1.38. The van der Waals surface area contributed by atoms with Crippen LogP contribution in [0.5, 0.6) is 0 Å². The lowest BCUT2D eigenvalue weighted by Crippen LogP contribution is -2.17. The first kappa shape index (κ1) is 12.0. The van der Waals surface area contributed by atoms with Crippen molar-refractivity contribution in [2.75, 3.05) is 0 Å². The monoisotopic (exact) mass is 272 g/mol. The van der Waals surface area contributed by atoms with Gasteiger partial charge in [0.2, 0.25) is 0 Å². The molecule has 2 nitrogen and oxygen atoms in total. The molecule has 2 aromatic heterocycles. The van der Waals surface area contributed by atoms with Crippen LogP contribution >= 0.6 is 34.3 Å². The van der Waals surface area contributed by atoms with E-state index >= 15 is 0 Å². The number of halogens is 1. The third-order valence-electron chi connectivity index (χ3n) is 2.29. The highest BCUT2D eigenvalue weighted by Gasteiger charge is 2.08. The summed E-state index contributed by atoms with van der Waals surface area (Å²) < 4.78 is 0.842. The SMILES string of the molecule is Cc1nc(C(C)NCc2ccc(Cl)s2)cs1. The Labute approximate surface area is 108 Å². The number of rotatable bonds is 4. The van der Waals surface area contributed by atoms with Crippen LogP contribution in [0.25, 0.3) is 0 Å². The minimum absolute atomic E-state index is 0.283. The summed E-state index contributed by atoms with van der Waals surface area (Å²) in [6.45, 7) is 5.00. The molecule has 2 aromatic rings. The average Bonchev–Trinajstić information content (AvgIpc) is 2.84. The summed E-state index contributed by atoms with van der Waals surface area (Å²) in [5.41, 5.74) is 1.12. The first-order valence-electron chi connectivity index (χ1n) is 5.05. The molecule has 0 bridgehead atoms. The summed E-state index contributed by atoms with van der Waals surface area (Å²) in [6, 6.07) is 4.27. The predicted octanol–water partition coefficient (Wildman–Crippen LogP) is 4.02. The molecule has 0 saturated heterocycles. The summed E-state index contributed by atoms with van der Waals surface area (Å²) >= 11 is 9.18. The second kappa shape index (κ2) is 5.27. The highest BCUT2D eigenvalue weighted by Crippen LogP contribution is 2.22. The van der Waals surface area contributed by atoms with Gasteiger partial charge in [0.1, 0.15) is 0 Å². The lowest BCUT2D eigenvalue weighted by Gasteiger charge is -2.09. The van der Waals surface area contributed by atoms with Crippen LogP contribution in [0.1, 0.15) is 28.5 Å². The van der Waals surface area contributed by atoms with E-state index in [1.807, 2.05) is 13.0 Å². The van der Waals surface area contributed by atoms with Crippen molar-refractivity contribution >= 4 is 34.3 Å². The topological polar surface area (TPSA) is 24.9 Å². The van der Waals surface area contributed by atoms with Gasteiger partial charge in [-0.2, -0.15) is 0 Å². The summed E-state index contributed by atoms with van der Waals surface area (Å²) in [4.78, 5) is 5.71. The van der Waals surface area contributed by atoms with Crippen LogP contribution in [-0.2, 0) is 6.54 Å². The maximum atomic E-state index is 5.88. The molecule has 2 rings (SSSR count). The number of hydrogen-bond acceptors (Lipinski definition) is 4. The van der Waals surface area contributed by atoms with Gasteiger partial charge in [-0.1, -0.05) is 11.6 Å². The van der Waals surface area contributed by atoms with E-state index in [0.717, 1.165) is 21.6 Å². The summed E-state index contributed by atoms with van der Waals surface area (Å²) in [5.74, 6) is 0. The number of thiazole rings is 1. The molecule has 0 spiro atoms. The zero-order chi connectivity index (χ0) is 11.5. The third kappa shape index (κ3) is 3.04. The van der Waals surface area contributed by atoms with Gasteiger partial charge in [-0.15, -0.1) is 22.7 Å². The zero-order valence-electron chi connectivity index (χ0n) is 9.16. The van der Waals surface area contributed by atoms with Gasteiger partial charge < -0.3 is 5.32 Å². The Morgan fingerprint density at radius 1 is 1.50 bits per heavy atom. The van der Waals surface area contributed by atoms with E-state index in [9.17, 15) is 0 Å². The van der Waals surface area contributed by atoms with E-state index in [-0.39, 0.29) is 6.04 Å². The number of aromatic nitrogens is 1. The van der Waals surface area contributed by atoms with Crippen molar-refractivity contribution in [1.82, 2.24) is 10.3 Å².